The predicted octanol–water partition coefficient (Wildman–Crippen LogP) is 3.99. The molecule has 0 atom stereocenters. The third-order valence-electron chi connectivity index (χ3n) is 3.55. The van der Waals surface area contributed by atoms with Crippen molar-refractivity contribution in [3.63, 3.8) is 0 Å². The number of fused-ring (bicyclic) bond motifs is 2. The zero-order chi connectivity index (χ0) is 14.3. The van der Waals surface area contributed by atoms with Crippen LogP contribution in [0.15, 0.2) is 47.5 Å². The third-order valence-corrected chi connectivity index (χ3v) is 4.09. The predicted molar refractivity (Wildman–Crippen MR) is 81.1 cm³/mol. The van der Waals surface area contributed by atoms with Crippen LogP contribution in [0.2, 0.25) is 0 Å². The summed E-state index contributed by atoms with van der Waals surface area (Å²) in [6.07, 6.45) is 0. The molecular formula is C16H10Cl2O2. The maximum Gasteiger partial charge on any atom is 0.191 e. The Balaban J connectivity index is 2.31. The van der Waals surface area contributed by atoms with E-state index in [-0.39, 0.29) is 23.3 Å². The van der Waals surface area contributed by atoms with Crippen LogP contribution in [0.1, 0.15) is 20.7 Å². The molecule has 20 heavy (non-hydrogen) atoms. The summed E-state index contributed by atoms with van der Waals surface area (Å²) in [5.41, 5.74) is 1.46. The van der Waals surface area contributed by atoms with Gasteiger partial charge < -0.3 is 0 Å². The maximum absolute atomic E-state index is 12.5. The lowest BCUT2D eigenvalue weighted by molar-refractivity contribution is 0.0976. The van der Waals surface area contributed by atoms with E-state index in [1.54, 1.807) is 12.1 Å². The van der Waals surface area contributed by atoms with Crippen LogP contribution in [-0.2, 0) is 0 Å². The molecule has 1 aliphatic rings. The molecule has 1 aliphatic carbocycles. The van der Waals surface area contributed by atoms with Gasteiger partial charge in [-0.2, -0.15) is 0 Å². The van der Waals surface area contributed by atoms with Crippen LogP contribution in [0.25, 0.3) is 10.8 Å². The molecule has 0 heterocycles. The highest BCUT2D eigenvalue weighted by Crippen LogP contribution is 2.31. The molecule has 0 N–H and O–H groups in total. The van der Waals surface area contributed by atoms with Gasteiger partial charge in [0.05, 0.1) is 11.8 Å². The number of ketones is 2. The first kappa shape index (κ1) is 13.3. The highest BCUT2D eigenvalue weighted by atomic mass is 35.5. The van der Waals surface area contributed by atoms with Crippen molar-refractivity contribution in [1.29, 1.82) is 0 Å². The molecule has 3 rings (SSSR count). The van der Waals surface area contributed by atoms with Crippen LogP contribution in [-0.4, -0.2) is 23.3 Å². The number of carbonyl (C=O) groups is 2. The van der Waals surface area contributed by atoms with E-state index >= 15 is 0 Å². The number of rotatable bonds is 2. The van der Waals surface area contributed by atoms with E-state index in [4.69, 9.17) is 23.2 Å². The number of hydrogen-bond acceptors (Lipinski definition) is 2. The van der Waals surface area contributed by atoms with E-state index in [1.807, 2.05) is 24.3 Å². The SMILES string of the molecule is O=C1C(CCl)=C(CCl)C(=O)c2cc3ccccc3cc21. The van der Waals surface area contributed by atoms with E-state index in [0.29, 0.717) is 22.3 Å². The van der Waals surface area contributed by atoms with Crippen molar-refractivity contribution in [1.82, 2.24) is 0 Å². The second-order valence-electron chi connectivity index (χ2n) is 4.63. The molecule has 0 spiro atoms. The molecule has 0 aliphatic heterocycles. The van der Waals surface area contributed by atoms with Gasteiger partial charge in [-0.1, -0.05) is 24.3 Å². The summed E-state index contributed by atoms with van der Waals surface area (Å²) in [4.78, 5) is 24.9. The molecule has 2 aromatic carbocycles. The third kappa shape index (κ3) is 1.88. The van der Waals surface area contributed by atoms with Crippen molar-refractivity contribution >= 4 is 45.5 Å². The maximum atomic E-state index is 12.5. The van der Waals surface area contributed by atoms with Gasteiger partial charge in [-0.25, -0.2) is 0 Å². The molecule has 0 aromatic heterocycles. The lowest BCUT2D eigenvalue weighted by atomic mass is 9.84. The molecule has 2 nitrogen and oxygen atoms in total. The molecule has 0 saturated carbocycles. The Kier molecular flexibility index (Phi) is 3.36. The smallest absolute Gasteiger partial charge is 0.191 e. The van der Waals surface area contributed by atoms with Gasteiger partial charge in [-0.15, -0.1) is 23.2 Å². The van der Waals surface area contributed by atoms with E-state index in [9.17, 15) is 9.59 Å². The minimum atomic E-state index is -0.198. The number of halogens is 2. The number of alkyl halides is 2. The normalized spacial score (nSPS) is 14.9. The minimum Gasteiger partial charge on any atom is -0.289 e. The molecule has 0 saturated heterocycles. The summed E-state index contributed by atoms with van der Waals surface area (Å²) in [5.74, 6) is -0.398. The second-order valence-corrected chi connectivity index (χ2v) is 5.16. The molecule has 0 unspecified atom stereocenters. The highest BCUT2D eigenvalue weighted by Gasteiger charge is 2.31. The Bertz CT molecular complexity index is 711. The van der Waals surface area contributed by atoms with Gasteiger partial charge in [0, 0.05) is 22.3 Å². The van der Waals surface area contributed by atoms with E-state index in [0.717, 1.165) is 10.8 Å². The zero-order valence-electron chi connectivity index (χ0n) is 10.5. The molecule has 100 valence electrons. The number of allylic oxidation sites excluding steroid dienone is 2. The first-order valence-electron chi connectivity index (χ1n) is 6.13. The Labute approximate surface area is 126 Å². The molecular weight excluding hydrogens is 295 g/mol. The van der Waals surface area contributed by atoms with Crippen LogP contribution in [0.5, 0.6) is 0 Å². The lowest BCUT2D eigenvalue weighted by Crippen LogP contribution is -2.23. The Morgan fingerprint density at radius 1 is 0.750 bits per heavy atom. The summed E-state index contributed by atoms with van der Waals surface area (Å²) >= 11 is 11.6. The van der Waals surface area contributed by atoms with Crippen molar-refractivity contribution in [3.05, 3.63) is 58.7 Å². The first-order valence-corrected chi connectivity index (χ1v) is 7.20. The van der Waals surface area contributed by atoms with E-state index < -0.39 is 0 Å². The first-order chi connectivity index (χ1) is 9.67. The van der Waals surface area contributed by atoms with Crippen LogP contribution in [0.3, 0.4) is 0 Å². The number of Topliss-reactive ketones (excluding diaryl/α,β-unsaturated/α-hetero) is 2. The summed E-state index contributed by atoms with van der Waals surface area (Å²) in [5, 5.41) is 1.85. The van der Waals surface area contributed by atoms with Crippen molar-refractivity contribution in [2.75, 3.05) is 11.8 Å². The molecule has 0 radical (unpaired) electrons. The van der Waals surface area contributed by atoms with Crippen molar-refractivity contribution in [2.45, 2.75) is 0 Å². The molecule has 0 bridgehead atoms. The van der Waals surface area contributed by atoms with Gasteiger partial charge in [-0.05, 0) is 22.9 Å². The van der Waals surface area contributed by atoms with Crippen LogP contribution in [0.4, 0.5) is 0 Å². The van der Waals surface area contributed by atoms with Gasteiger partial charge in [0.25, 0.3) is 0 Å². The number of carbonyl (C=O) groups excluding carboxylic acids is 2. The fraction of sp³-hybridized carbons (Fsp3) is 0.125. The quantitative estimate of drug-likeness (QED) is 0.786. The van der Waals surface area contributed by atoms with Crippen LogP contribution < -0.4 is 0 Å². The van der Waals surface area contributed by atoms with E-state index in [2.05, 4.69) is 0 Å². The zero-order valence-corrected chi connectivity index (χ0v) is 12.0. The average Bonchev–Trinajstić information content (AvgIpc) is 2.49. The van der Waals surface area contributed by atoms with Crippen molar-refractivity contribution < 1.29 is 9.59 Å². The fourth-order valence-electron chi connectivity index (χ4n) is 2.50. The highest BCUT2D eigenvalue weighted by molar-refractivity contribution is 6.35. The van der Waals surface area contributed by atoms with Crippen molar-refractivity contribution in [3.8, 4) is 0 Å². The topological polar surface area (TPSA) is 34.1 Å². The monoisotopic (exact) mass is 304 g/mol. The lowest BCUT2D eigenvalue weighted by Gasteiger charge is -2.19. The van der Waals surface area contributed by atoms with Crippen LogP contribution in [0, 0.1) is 0 Å². The number of hydrogen-bond donors (Lipinski definition) is 0. The van der Waals surface area contributed by atoms with E-state index in [1.165, 1.54) is 0 Å². The van der Waals surface area contributed by atoms with Crippen molar-refractivity contribution in [2.24, 2.45) is 0 Å². The fourth-order valence-corrected chi connectivity index (χ4v) is 3.06. The van der Waals surface area contributed by atoms with Gasteiger partial charge in [0.1, 0.15) is 0 Å². The van der Waals surface area contributed by atoms with Crippen LogP contribution >= 0.6 is 23.2 Å². The summed E-state index contributed by atoms with van der Waals surface area (Å²) in [7, 11) is 0. The largest absolute Gasteiger partial charge is 0.289 e. The van der Waals surface area contributed by atoms with Gasteiger partial charge >= 0.3 is 0 Å². The van der Waals surface area contributed by atoms with Gasteiger partial charge in [0.15, 0.2) is 11.6 Å². The molecule has 0 amide bonds. The Morgan fingerprint density at radius 2 is 1.15 bits per heavy atom. The summed E-state index contributed by atoms with van der Waals surface area (Å²) in [6.45, 7) is 0. The standard InChI is InChI=1S/C16H10Cl2O2/c17-7-13-14(8-18)16(20)12-6-10-4-2-1-3-9(10)5-11(12)15(13)19/h1-6H,7-8H2. The summed E-state index contributed by atoms with van der Waals surface area (Å²) in [6, 6.07) is 11.1. The molecule has 0 fully saturated rings. The van der Waals surface area contributed by atoms with Gasteiger partial charge in [0.2, 0.25) is 0 Å². The average molecular weight is 305 g/mol. The minimum absolute atomic E-state index is 0.00110. The van der Waals surface area contributed by atoms with Gasteiger partial charge in [-0.3, -0.25) is 9.59 Å². The second kappa shape index (κ2) is 5.04. The Morgan fingerprint density at radius 3 is 1.50 bits per heavy atom. The number of benzene rings is 2. The molecule has 2 aromatic rings. The summed E-state index contributed by atoms with van der Waals surface area (Å²) < 4.78 is 0. The molecule has 4 heteroatoms. The Hall–Kier alpha value is -1.64.